The molecule has 0 spiro atoms. The van der Waals surface area contributed by atoms with Crippen molar-refractivity contribution in [2.45, 2.75) is 58.8 Å². The fraction of sp³-hybridized carbons (Fsp3) is 0.611. The van der Waals surface area contributed by atoms with Gasteiger partial charge in [0.05, 0.1) is 12.5 Å². The van der Waals surface area contributed by atoms with Crippen LogP contribution < -0.4 is 4.74 Å². The molecule has 0 bridgehead atoms. The summed E-state index contributed by atoms with van der Waals surface area (Å²) in [4.78, 5) is 10.8. The van der Waals surface area contributed by atoms with E-state index in [9.17, 15) is 4.79 Å². The third kappa shape index (κ3) is 7.74. The highest BCUT2D eigenvalue weighted by Crippen LogP contribution is 2.16. The van der Waals surface area contributed by atoms with E-state index in [0.717, 1.165) is 25.2 Å². The van der Waals surface area contributed by atoms with Crippen LogP contribution in [-0.2, 0) is 11.2 Å². The number of hydrogen-bond donors (Lipinski definition) is 1. The smallest absolute Gasteiger partial charge is 0.306 e. The number of carboxylic acid groups (broad SMARTS) is 1. The molecule has 3 nitrogen and oxygen atoms in total. The molecule has 0 aliphatic heterocycles. The lowest BCUT2D eigenvalue weighted by molar-refractivity contribution is -0.141. The molecule has 1 atom stereocenters. The predicted molar refractivity (Wildman–Crippen MR) is 85.8 cm³/mol. The number of rotatable bonds is 11. The number of hydrogen-bond acceptors (Lipinski definition) is 2. The number of ether oxygens (including phenoxy) is 1. The van der Waals surface area contributed by atoms with Crippen molar-refractivity contribution in [3.05, 3.63) is 29.8 Å². The highest BCUT2D eigenvalue weighted by molar-refractivity contribution is 5.69. The maximum atomic E-state index is 10.8. The van der Waals surface area contributed by atoms with Crippen molar-refractivity contribution in [2.24, 2.45) is 5.92 Å². The maximum Gasteiger partial charge on any atom is 0.306 e. The molecule has 3 heteroatoms. The molecule has 0 saturated heterocycles. The van der Waals surface area contributed by atoms with Gasteiger partial charge in [0.1, 0.15) is 5.75 Å². The van der Waals surface area contributed by atoms with E-state index in [2.05, 4.69) is 6.92 Å². The van der Waals surface area contributed by atoms with Gasteiger partial charge in [0, 0.05) is 0 Å². The van der Waals surface area contributed by atoms with Gasteiger partial charge in [-0.25, -0.2) is 0 Å². The third-order valence-electron chi connectivity index (χ3n) is 3.73. The number of aliphatic carboxylic acids is 1. The fourth-order valence-corrected chi connectivity index (χ4v) is 2.15. The van der Waals surface area contributed by atoms with Crippen LogP contribution in [0.2, 0.25) is 0 Å². The fourth-order valence-electron chi connectivity index (χ4n) is 2.15. The molecule has 0 radical (unpaired) electrons. The van der Waals surface area contributed by atoms with E-state index < -0.39 is 5.97 Å². The average molecular weight is 292 g/mol. The minimum atomic E-state index is -0.724. The molecule has 1 rings (SSSR count). The predicted octanol–water partition coefficient (Wildman–Crippen LogP) is 4.69. The van der Waals surface area contributed by atoms with Gasteiger partial charge in [-0.05, 0) is 37.0 Å². The summed E-state index contributed by atoms with van der Waals surface area (Å²) in [5, 5.41) is 8.86. The minimum absolute atomic E-state index is 0.288. The second kappa shape index (κ2) is 10.3. The Morgan fingerprint density at radius 1 is 1.14 bits per heavy atom. The van der Waals surface area contributed by atoms with Gasteiger partial charge < -0.3 is 9.84 Å². The van der Waals surface area contributed by atoms with Gasteiger partial charge in [-0.3, -0.25) is 4.79 Å². The number of unbranched alkanes of at least 4 members (excludes halogenated alkanes) is 4. The second-order valence-electron chi connectivity index (χ2n) is 5.68. The summed E-state index contributed by atoms with van der Waals surface area (Å²) in [7, 11) is 0. The Labute approximate surface area is 128 Å². The average Bonchev–Trinajstić information content (AvgIpc) is 2.49. The molecule has 1 aromatic carbocycles. The standard InChI is InChI=1S/C18H28O3/c1-3-4-5-6-7-14-21-17-12-10-16(11-13-17)9-8-15(2)18(19)20/h10-13,15H,3-9,14H2,1-2H3,(H,19,20). The van der Waals surface area contributed by atoms with Crippen molar-refractivity contribution in [1.29, 1.82) is 0 Å². The van der Waals surface area contributed by atoms with Crippen LogP contribution in [0.3, 0.4) is 0 Å². The Morgan fingerprint density at radius 2 is 1.81 bits per heavy atom. The molecule has 0 saturated carbocycles. The second-order valence-corrected chi connectivity index (χ2v) is 5.68. The van der Waals surface area contributed by atoms with Gasteiger partial charge in [-0.2, -0.15) is 0 Å². The zero-order valence-electron chi connectivity index (χ0n) is 13.3. The van der Waals surface area contributed by atoms with E-state index in [1.807, 2.05) is 24.3 Å². The zero-order valence-corrected chi connectivity index (χ0v) is 13.3. The molecule has 0 aliphatic carbocycles. The minimum Gasteiger partial charge on any atom is -0.494 e. The van der Waals surface area contributed by atoms with Crippen LogP contribution in [0.4, 0.5) is 0 Å². The molecule has 0 aromatic heterocycles. The van der Waals surface area contributed by atoms with Crippen LogP contribution in [-0.4, -0.2) is 17.7 Å². The molecule has 0 amide bonds. The lowest BCUT2D eigenvalue weighted by Crippen LogP contribution is -2.10. The van der Waals surface area contributed by atoms with Gasteiger partial charge >= 0.3 is 5.97 Å². The van der Waals surface area contributed by atoms with E-state index in [1.54, 1.807) is 6.92 Å². The highest BCUT2D eigenvalue weighted by atomic mass is 16.5. The molecule has 1 N–H and O–H groups in total. The van der Waals surface area contributed by atoms with E-state index in [-0.39, 0.29) is 5.92 Å². The largest absolute Gasteiger partial charge is 0.494 e. The van der Waals surface area contributed by atoms with Crippen molar-refractivity contribution >= 4 is 5.97 Å². The molecule has 1 unspecified atom stereocenters. The topological polar surface area (TPSA) is 46.5 Å². The van der Waals surface area contributed by atoms with Crippen LogP contribution in [0.1, 0.15) is 57.9 Å². The van der Waals surface area contributed by atoms with Crippen molar-refractivity contribution < 1.29 is 14.6 Å². The van der Waals surface area contributed by atoms with Gasteiger partial charge in [-0.1, -0.05) is 51.7 Å². The van der Waals surface area contributed by atoms with Gasteiger partial charge in [0.15, 0.2) is 0 Å². The lowest BCUT2D eigenvalue weighted by Gasteiger charge is -2.08. The Morgan fingerprint density at radius 3 is 2.43 bits per heavy atom. The van der Waals surface area contributed by atoms with Crippen LogP contribution in [0.25, 0.3) is 0 Å². The first-order chi connectivity index (χ1) is 10.1. The van der Waals surface area contributed by atoms with Gasteiger partial charge in [0.2, 0.25) is 0 Å². The number of carbonyl (C=O) groups is 1. The molecular weight excluding hydrogens is 264 g/mol. The van der Waals surface area contributed by atoms with E-state index in [0.29, 0.717) is 6.42 Å². The highest BCUT2D eigenvalue weighted by Gasteiger charge is 2.10. The van der Waals surface area contributed by atoms with Crippen molar-refractivity contribution in [3.8, 4) is 5.75 Å². The Balaban J connectivity index is 2.22. The van der Waals surface area contributed by atoms with E-state index in [1.165, 1.54) is 31.2 Å². The summed E-state index contributed by atoms with van der Waals surface area (Å²) in [6.07, 6.45) is 7.68. The summed E-state index contributed by atoms with van der Waals surface area (Å²) >= 11 is 0. The first-order valence-electron chi connectivity index (χ1n) is 8.08. The first-order valence-corrected chi connectivity index (χ1v) is 8.08. The lowest BCUT2D eigenvalue weighted by atomic mass is 10.0. The number of aryl methyl sites for hydroxylation is 1. The third-order valence-corrected chi connectivity index (χ3v) is 3.73. The summed E-state index contributed by atoms with van der Waals surface area (Å²) < 4.78 is 5.71. The molecular formula is C18H28O3. The van der Waals surface area contributed by atoms with Crippen LogP contribution in [0.5, 0.6) is 5.75 Å². The summed E-state index contributed by atoms with van der Waals surface area (Å²) in [5.41, 5.74) is 1.17. The molecule has 21 heavy (non-hydrogen) atoms. The molecule has 1 aromatic rings. The van der Waals surface area contributed by atoms with Gasteiger partial charge in [0.25, 0.3) is 0 Å². The SMILES string of the molecule is CCCCCCCOc1ccc(CCC(C)C(=O)O)cc1. The number of carboxylic acids is 1. The zero-order chi connectivity index (χ0) is 15.5. The molecule has 0 aliphatic rings. The van der Waals surface area contributed by atoms with E-state index in [4.69, 9.17) is 9.84 Å². The maximum absolute atomic E-state index is 10.8. The van der Waals surface area contributed by atoms with Gasteiger partial charge in [-0.15, -0.1) is 0 Å². The van der Waals surface area contributed by atoms with E-state index >= 15 is 0 Å². The van der Waals surface area contributed by atoms with Crippen molar-refractivity contribution in [2.75, 3.05) is 6.61 Å². The normalized spacial score (nSPS) is 12.1. The van der Waals surface area contributed by atoms with Crippen LogP contribution >= 0.6 is 0 Å². The van der Waals surface area contributed by atoms with Crippen LogP contribution in [0.15, 0.2) is 24.3 Å². The number of benzene rings is 1. The Kier molecular flexibility index (Phi) is 8.56. The van der Waals surface area contributed by atoms with Crippen molar-refractivity contribution in [3.63, 3.8) is 0 Å². The summed E-state index contributed by atoms with van der Waals surface area (Å²) in [6, 6.07) is 8.02. The first kappa shape index (κ1) is 17.5. The summed E-state index contributed by atoms with van der Waals surface area (Å²) in [5.74, 6) is -0.109. The Hall–Kier alpha value is -1.51. The monoisotopic (exact) mass is 292 g/mol. The van der Waals surface area contributed by atoms with Crippen LogP contribution in [0, 0.1) is 5.92 Å². The molecule has 0 heterocycles. The molecule has 118 valence electrons. The Bertz CT molecular complexity index is 397. The molecule has 0 fully saturated rings. The quantitative estimate of drug-likeness (QED) is 0.602. The van der Waals surface area contributed by atoms with Crippen molar-refractivity contribution in [1.82, 2.24) is 0 Å². The summed E-state index contributed by atoms with van der Waals surface area (Å²) in [6.45, 7) is 4.74.